The molecule has 6 heteroatoms. The van der Waals surface area contributed by atoms with Crippen LogP contribution in [0.4, 0.5) is 0 Å². The molecule has 18 heavy (non-hydrogen) atoms. The maximum Gasteiger partial charge on any atom is 0.233 e. The average molecular weight is 262 g/mol. The standard InChI is InChI=1S/C12H14N4OS/c1-3-7-13-11(17)9(2)18-12-15-14-10-6-4-5-8-16(10)12/h3-6,8-9H,1,7H2,2H3,(H,13,17)/t9-/m0/s1. The van der Waals surface area contributed by atoms with Gasteiger partial charge in [0, 0.05) is 12.7 Å². The Labute approximate surface area is 109 Å². The molecule has 1 atom stereocenters. The summed E-state index contributed by atoms with van der Waals surface area (Å²) in [5.41, 5.74) is 0.777. The lowest BCUT2D eigenvalue weighted by Crippen LogP contribution is -2.30. The van der Waals surface area contributed by atoms with E-state index in [0.717, 1.165) is 5.65 Å². The molecule has 0 fully saturated rings. The zero-order chi connectivity index (χ0) is 13.0. The van der Waals surface area contributed by atoms with Crippen molar-refractivity contribution in [3.63, 3.8) is 0 Å². The van der Waals surface area contributed by atoms with Crippen LogP contribution in [0.5, 0.6) is 0 Å². The van der Waals surface area contributed by atoms with Gasteiger partial charge < -0.3 is 5.32 Å². The fraction of sp³-hybridized carbons (Fsp3) is 0.250. The number of rotatable bonds is 5. The third-order valence-corrected chi connectivity index (χ3v) is 3.41. The zero-order valence-electron chi connectivity index (χ0n) is 10.0. The second kappa shape index (κ2) is 5.68. The monoisotopic (exact) mass is 262 g/mol. The van der Waals surface area contributed by atoms with Crippen LogP contribution in [0, 0.1) is 0 Å². The predicted molar refractivity (Wildman–Crippen MR) is 71.5 cm³/mol. The summed E-state index contributed by atoms with van der Waals surface area (Å²) in [5.74, 6) is -0.0346. The molecular weight excluding hydrogens is 248 g/mol. The van der Waals surface area contributed by atoms with Gasteiger partial charge in [0.15, 0.2) is 10.8 Å². The molecule has 0 saturated heterocycles. The first-order valence-electron chi connectivity index (χ1n) is 5.57. The molecule has 0 aliphatic rings. The van der Waals surface area contributed by atoms with Gasteiger partial charge in [-0.2, -0.15) is 0 Å². The lowest BCUT2D eigenvalue weighted by Gasteiger charge is -2.09. The molecule has 94 valence electrons. The van der Waals surface area contributed by atoms with Gasteiger partial charge in [-0.25, -0.2) is 0 Å². The summed E-state index contributed by atoms with van der Waals surface area (Å²) in [5, 5.41) is 11.4. The van der Waals surface area contributed by atoms with E-state index in [-0.39, 0.29) is 11.2 Å². The van der Waals surface area contributed by atoms with E-state index >= 15 is 0 Å². The molecule has 2 aromatic heterocycles. The van der Waals surface area contributed by atoms with E-state index in [1.807, 2.05) is 35.7 Å². The average Bonchev–Trinajstić information content (AvgIpc) is 2.79. The van der Waals surface area contributed by atoms with Crippen LogP contribution in [-0.2, 0) is 4.79 Å². The highest BCUT2D eigenvalue weighted by molar-refractivity contribution is 8.00. The lowest BCUT2D eigenvalue weighted by molar-refractivity contribution is -0.120. The first-order chi connectivity index (χ1) is 8.72. The van der Waals surface area contributed by atoms with Crippen LogP contribution < -0.4 is 5.32 Å². The first kappa shape index (κ1) is 12.6. The molecule has 1 amide bonds. The van der Waals surface area contributed by atoms with E-state index in [4.69, 9.17) is 0 Å². The SMILES string of the molecule is C=CCNC(=O)[C@H](C)Sc1nnc2ccccn12. The molecule has 2 rings (SSSR count). The summed E-state index contributed by atoms with van der Waals surface area (Å²) in [4.78, 5) is 11.7. The van der Waals surface area contributed by atoms with Gasteiger partial charge in [0.2, 0.25) is 5.91 Å². The van der Waals surface area contributed by atoms with Crippen LogP contribution in [0.25, 0.3) is 5.65 Å². The number of hydrogen-bond acceptors (Lipinski definition) is 4. The molecule has 2 heterocycles. The van der Waals surface area contributed by atoms with Gasteiger partial charge in [-0.1, -0.05) is 23.9 Å². The van der Waals surface area contributed by atoms with E-state index in [1.54, 1.807) is 6.08 Å². The molecule has 0 saturated carbocycles. The van der Waals surface area contributed by atoms with Crippen LogP contribution in [0.3, 0.4) is 0 Å². The summed E-state index contributed by atoms with van der Waals surface area (Å²) >= 11 is 1.38. The largest absolute Gasteiger partial charge is 0.352 e. The van der Waals surface area contributed by atoms with Crippen molar-refractivity contribution in [3.8, 4) is 0 Å². The van der Waals surface area contributed by atoms with Crippen molar-refractivity contribution < 1.29 is 4.79 Å². The fourth-order valence-electron chi connectivity index (χ4n) is 1.43. The molecular formula is C12H14N4OS. The predicted octanol–water partition coefficient (Wildman–Crippen LogP) is 1.51. The number of thioether (sulfide) groups is 1. The van der Waals surface area contributed by atoms with Gasteiger partial charge in [-0.3, -0.25) is 9.20 Å². The highest BCUT2D eigenvalue weighted by Gasteiger charge is 2.16. The minimum absolute atomic E-state index is 0.0346. The summed E-state index contributed by atoms with van der Waals surface area (Å²) < 4.78 is 1.86. The number of pyridine rings is 1. The Morgan fingerprint density at radius 2 is 2.44 bits per heavy atom. The third-order valence-electron chi connectivity index (χ3n) is 2.35. The molecule has 0 aliphatic heterocycles. The summed E-state index contributed by atoms with van der Waals surface area (Å²) in [7, 11) is 0. The molecule has 0 aliphatic carbocycles. The number of nitrogens with one attached hydrogen (secondary N) is 1. The second-order valence-corrected chi connectivity index (χ2v) is 5.01. The molecule has 5 nitrogen and oxygen atoms in total. The maximum absolute atomic E-state index is 11.7. The van der Waals surface area contributed by atoms with Crippen molar-refractivity contribution in [3.05, 3.63) is 37.1 Å². The van der Waals surface area contributed by atoms with Gasteiger partial charge in [-0.05, 0) is 19.1 Å². The molecule has 2 aromatic rings. The Hall–Kier alpha value is -1.82. The number of fused-ring (bicyclic) bond motifs is 1. The summed E-state index contributed by atoms with van der Waals surface area (Å²) in [6.45, 7) is 5.88. The highest BCUT2D eigenvalue weighted by atomic mass is 32.2. The second-order valence-electron chi connectivity index (χ2n) is 3.71. The number of hydrogen-bond donors (Lipinski definition) is 1. The Morgan fingerprint density at radius 1 is 1.61 bits per heavy atom. The van der Waals surface area contributed by atoms with E-state index in [0.29, 0.717) is 11.7 Å². The Kier molecular flexibility index (Phi) is 3.99. The Balaban J connectivity index is 2.09. The van der Waals surface area contributed by atoms with E-state index in [1.165, 1.54) is 11.8 Å². The quantitative estimate of drug-likeness (QED) is 0.655. The van der Waals surface area contributed by atoms with Crippen LogP contribution >= 0.6 is 11.8 Å². The van der Waals surface area contributed by atoms with Crippen molar-refractivity contribution in [1.29, 1.82) is 0 Å². The normalized spacial score (nSPS) is 12.3. The first-order valence-corrected chi connectivity index (χ1v) is 6.45. The minimum atomic E-state index is -0.224. The van der Waals surface area contributed by atoms with Gasteiger partial charge >= 0.3 is 0 Å². The van der Waals surface area contributed by atoms with E-state index in [2.05, 4.69) is 22.1 Å². The van der Waals surface area contributed by atoms with E-state index in [9.17, 15) is 4.79 Å². The van der Waals surface area contributed by atoms with Crippen LogP contribution in [0.15, 0.2) is 42.2 Å². The van der Waals surface area contributed by atoms with Gasteiger partial charge in [0.25, 0.3) is 0 Å². The van der Waals surface area contributed by atoms with Gasteiger partial charge in [0.05, 0.1) is 5.25 Å². The molecule has 0 radical (unpaired) electrons. The van der Waals surface area contributed by atoms with Crippen molar-refractivity contribution in [2.45, 2.75) is 17.3 Å². The molecule has 0 spiro atoms. The zero-order valence-corrected chi connectivity index (χ0v) is 10.9. The summed E-state index contributed by atoms with van der Waals surface area (Å²) in [6.07, 6.45) is 3.54. The number of amides is 1. The molecule has 1 N–H and O–H groups in total. The third kappa shape index (κ3) is 2.70. The van der Waals surface area contributed by atoms with E-state index < -0.39 is 0 Å². The van der Waals surface area contributed by atoms with Crippen molar-refractivity contribution in [2.24, 2.45) is 0 Å². The number of carbonyl (C=O) groups is 1. The smallest absolute Gasteiger partial charge is 0.233 e. The Morgan fingerprint density at radius 3 is 3.22 bits per heavy atom. The van der Waals surface area contributed by atoms with Crippen LogP contribution in [0.2, 0.25) is 0 Å². The summed E-state index contributed by atoms with van der Waals surface area (Å²) in [6, 6.07) is 5.68. The van der Waals surface area contributed by atoms with Gasteiger partial charge in [0.1, 0.15) is 0 Å². The topological polar surface area (TPSA) is 59.3 Å². The van der Waals surface area contributed by atoms with Gasteiger partial charge in [-0.15, -0.1) is 16.8 Å². The molecule has 0 unspecified atom stereocenters. The minimum Gasteiger partial charge on any atom is -0.352 e. The van der Waals surface area contributed by atoms with Crippen molar-refractivity contribution >= 4 is 23.3 Å². The van der Waals surface area contributed by atoms with Crippen molar-refractivity contribution in [2.75, 3.05) is 6.54 Å². The number of nitrogens with zero attached hydrogens (tertiary/aromatic N) is 3. The van der Waals surface area contributed by atoms with Crippen LogP contribution in [-0.4, -0.2) is 32.3 Å². The van der Waals surface area contributed by atoms with Crippen LogP contribution in [0.1, 0.15) is 6.92 Å². The Bertz CT molecular complexity index is 566. The number of aromatic nitrogens is 3. The maximum atomic E-state index is 11.7. The molecule has 0 bridgehead atoms. The highest BCUT2D eigenvalue weighted by Crippen LogP contribution is 2.21. The molecule has 0 aromatic carbocycles. The fourth-order valence-corrected chi connectivity index (χ4v) is 2.29. The number of carbonyl (C=O) groups excluding carboxylic acids is 1. The lowest BCUT2D eigenvalue weighted by atomic mass is 10.4. The van der Waals surface area contributed by atoms with Crippen molar-refractivity contribution in [1.82, 2.24) is 19.9 Å².